The summed E-state index contributed by atoms with van der Waals surface area (Å²) in [4.78, 5) is 26.5. The van der Waals surface area contributed by atoms with Gasteiger partial charge in [0.1, 0.15) is 17.0 Å². The zero-order valence-electron chi connectivity index (χ0n) is 20.0. The van der Waals surface area contributed by atoms with E-state index in [2.05, 4.69) is 32.5 Å². The van der Waals surface area contributed by atoms with Gasteiger partial charge in [-0.05, 0) is 37.1 Å². The third-order valence-corrected chi connectivity index (χ3v) is 5.51. The molecule has 0 amide bonds. The van der Waals surface area contributed by atoms with Gasteiger partial charge in [-0.25, -0.2) is 4.98 Å². The number of hydrogen-bond acceptors (Lipinski definition) is 9. The summed E-state index contributed by atoms with van der Waals surface area (Å²) in [5.74, 6) is 2.39. The fourth-order valence-corrected chi connectivity index (χ4v) is 3.63. The highest BCUT2D eigenvalue weighted by atomic mass is 16.5. The Morgan fingerprint density at radius 3 is 2.74 bits per heavy atom. The maximum atomic E-state index is 12.8. The van der Waals surface area contributed by atoms with Gasteiger partial charge >= 0.3 is 0 Å². The molecule has 0 saturated carbocycles. The SMILES string of the molecule is CCCC[C@@H](Nc1nc(NCc2ccc(OC)cc2OC)nc2cccnc12)C(=O)CCCO. The van der Waals surface area contributed by atoms with Crippen molar-refractivity contribution in [1.82, 2.24) is 15.0 Å². The van der Waals surface area contributed by atoms with E-state index in [0.29, 0.717) is 60.1 Å². The second-order valence-corrected chi connectivity index (χ2v) is 7.93. The van der Waals surface area contributed by atoms with Gasteiger partial charge in [0.2, 0.25) is 5.95 Å². The Morgan fingerprint density at radius 2 is 2.00 bits per heavy atom. The van der Waals surface area contributed by atoms with Crippen LogP contribution in [0.3, 0.4) is 0 Å². The lowest BCUT2D eigenvalue weighted by Gasteiger charge is -2.19. The van der Waals surface area contributed by atoms with Crippen LogP contribution in [0.1, 0.15) is 44.6 Å². The fraction of sp³-hybridized carbons (Fsp3) is 0.440. The smallest absolute Gasteiger partial charge is 0.225 e. The molecule has 0 bridgehead atoms. The van der Waals surface area contributed by atoms with Crippen molar-refractivity contribution < 1.29 is 19.4 Å². The summed E-state index contributed by atoms with van der Waals surface area (Å²) in [6.45, 7) is 2.52. The van der Waals surface area contributed by atoms with Gasteiger partial charge < -0.3 is 25.2 Å². The maximum Gasteiger partial charge on any atom is 0.225 e. The number of pyridine rings is 1. The minimum Gasteiger partial charge on any atom is -0.497 e. The highest BCUT2D eigenvalue weighted by Crippen LogP contribution is 2.26. The highest BCUT2D eigenvalue weighted by Gasteiger charge is 2.20. The molecule has 9 nitrogen and oxygen atoms in total. The van der Waals surface area contributed by atoms with Gasteiger partial charge in [-0.1, -0.05) is 19.8 Å². The van der Waals surface area contributed by atoms with Crippen molar-refractivity contribution in [3.05, 3.63) is 42.1 Å². The summed E-state index contributed by atoms with van der Waals surface area (Å²) >= 11 is 0. The lowest BCUT2D eigenvalue weighted by Crippen LogP contribution is -2.30. The van der Waals surface area contributed by atoms with E-state index in [-0.39, 0.29) is 12.4 Å². The van der Waals surface area contributed by atoms with E-state index in [1.54, 1.807) is 20.4 Å². The molecule has 34 heavy (non-hydrogen) atoms. The molecule has 0 spiro atoms. The summed E-state index contributed by atoms with van der Waals surface area (Å²) in [6, 6.07) is 8.90. The molecule has 3 rings (SSSR count). The first-order valence-electron chi connectivity index (χ1n) is 11.6. The number of nitrogens with one attached hydrogen (secondary N) is 2. The number of aromatic nitrogens is 3. The predicted molar refractivity (Wildman–Crippen MR) is 132 cm³/mol. The van der Waals surface area contributed by atoms with Crippen LogP contribution in [-0.4, -0.2) is 52.7 Å². The van der Waals surface area contributed by atoms with E-state index in [0.717, 1.165) is 18.4 Å². The minimum absolute atomic E-state index is 0.00682. The minimum atomic E-state index is -0.402. The summed E-state index contributed by atoms with van der Waals surface area (Å²) in [6.07, 6.45) is 5.01. The summed E-state index contributed by atoms with van der Waals surface area (Å²) in [7, 11) is 3.23. The van der Waals surface area contributed by atoms with Crippen molar-refractivity contribution in [2.75, 3.05) is 31.5 Å². The second kappa shape index (κ2) is 12.7. The molecule has 1 atom stereocenters. The predicted octanol–water partition coefficient (Wildman–Crippen LogP) is 3.97. The monoisotopic (exact) mass is 467 g/mol. The molecule has 2 heterocycles. The summed E-state index contributed by atoms with van der Waals surface area (Å²) in [5, 5.41) is 15.7. The molecule has 9 heteroatoms. The number of methoxy groups -OCH3 is 2. The molecule has 182 valence electrons. The first-order chi connectivity index (χ1) is 16.6. The van der Waals surface area contributed by atoms with Gasteiger partial charge in [-0.3, -0.25) is 9.78 Å². The average Bonchev–Trinajstić information content (AvgIpc) is 2.88. The third kappa shape index (κ3) is 6.54. The molecule has 2 aromatic heterocycles. The standard InChI is InChI=1S/C25H33N5O4/c1-4-5-8-19(21(32)10-7-14-31)28-24-23-20(9-6-13-26-23)29-25(30-24)27-16-17-11-12-18(33-2)15-22(17)34-3/h6,9,11-13,15,19,31H,4-5,7-8,10,14,16H2,1-3H3,(H2,27,28,29,30)/t19-/m1/s1. The number of carbonyl (C=O) groups is 1. The number of aliphatic hydroxyl groups is 1. The number of carbonyl (C=O) groups excluding carboxylic acids is 1. The van der Waals surface area contributed by atoms with Crippen molar-refractivity contribution in [3.8, 4) is 11.5 Å². The number of fused-ring (bicyclic) bond motifs is 1. The van der Waals surface area contributed by atoms with Crippen molar-refractivity contribution in [1.29, 1.82) is 0 Å². The van der Waals surface area contributed by atoms with Gasteiger partial charge in [0, 0.05) is 37.4 Å². The van der Waals surface area contributed by atoms with Crippen molar-refractivity contribution in [2.24, 2.45) is 0 Å². The number of benzene rings is 1. The number of Topliss-reactive ketones (excluding diaryl/α,β-unsaturated/α-hetero) is 1. The molecule has 0 aliphatic carbocycles. The molecule has 3 N–H and O–H groups in total. The molecule has 0 fully saturated rings. The molecule has 3 aromatic rings. The molecule has 0 saturated heterocycles. The fourth-order valence-electron chi connectivity index (χ4n) is 3.63. The average molecular weight is 468 g/mol. The molecule has 0 radical (unpaired) electrons. The highest BCUT2D eigenvalue weighted by molar-refractivity contribution is 5.91. The number of ketones is 1. The van der Waals surface area contributed by atoms with E-state index >= 15 is 0 Å². The Hall–Kier alpha value is -3.46. The molecular formula is C25H33N5O4. The summed E-state index contributed by atoms with van der Waals surface area (Å²) < 4.78 is 10.7. The number of hydrogen-bond donors (Lipinski definition) is 3. The zero-order valence-corrected chi connectivity index (χ0v) is 20.0. The zero-order chi connectivity index (χ0) is 24.3. The lowest BCUT2D eigenvalue weighted by atomic mass is 10.0. The molecule has 0 aliphatic rings. The van der Waals surface area contributed by atoms with E-state index in [9.17, 15) is 4.79 Å². The van der Waals surface area contributed by atoms with Crippen LogP contribution in [-0.2, 0) is 11.3 Å². The van der Waals surface area contributed by atoms with Crippen LogP contribution >= 0.6 is 0 Å². The first-order valence-corrected chi connectivity index (χ1v) is 11.6. The Balaban J connectivity index is 1.86. The third-order valence-electron chi connectivity index (χ3n) is 5.51. The number of aliphatic hydroxyl groups excluding tert-OH is 1. The number of ether oxygens (including phenoxy) is 2. The van der Waals surface area contributed by atoms with Crippen LogP contribution in [0.15, 0.2) is 36.5 Å². The van der Waals surface area contributed by atoms with E-state index in [1.807, 2.05) is 30.3 Å². The molecule has 0 unspecified atom stereocenters. The topological polar surface area (TPSA) is 118 Å². The normalized spacial score (nSPS) is 11.8. The molecule has 0 aliphatic heterocycles. The Bertz CT molecular complexity index is 1090. The van der Waals surface area contributed by atoms with Crippen molar-refractivity contribution in [2.45, 2.75) is 51.6 Å². The van der Waals surface area contributed by atoms with Crippen LogP contribution in [0.4, 0.5) is 11.8 Å². The number of anilines is 2. The van der Waals surface area contributed by atoms with Crippen LogP contribution in [0.25, 0.3) is 11.0 Å². The number of nitrogens with zero attached hydrogens (tertiary/aromatic N) is 3. The van der Waals surface area contributed by atoms with Crippen LogP contribution in [0.5, 0.6) is 11.5 Å². The second-order valence-electron chi connectivity index (χ2n) is 7.93. The largest absolute Gasteiger partial charge is 0.497 e. The van der Waals surface area contributed by atoms with Crippen LogP contribution in [0.2, 0.25) is 0 Å². The van der Waals surface area contributed by atoms with Gasteiger partial charge in [-0.2, -0.15) is 4.98 Å². The van der Waals surface area contributed by atoms with Crippen LogP contribution < -0.4 is 20.1 Å². The molecular weight excluding hydrogens is 434 g/mol. The van der Waals surface area contributed by atoms with Gasteiger partial charge in [0.15, 0.2) is 11.6 Å². The number of rotatable bonds is 14. The summed E-state index contributed by atoms with van der Waals surface area (Å²) in [5.41, 5.74) is 2.19. The number of unbranched alkanes of at least 4 members (excludes halogenated alkanes) is 1. The van der Waals surface area contributed by atoms with E-state index < -0.39 is 6.04 Å². The van der Waals surface area contributed by atoms with E-state index in [4.69, 9.17) is 14.6 Å². The van der Waals surface area contributed by atoms with Crippen LogP contribution in [0, 0.1) is 0 Å². The van der Waals surface area contributed by atoms with Crippen molar-refractivity contribution >= 4 is 28.6 Å². The van der Waals surface area contributed by atoms with Gasteiger partial charge in [0.05, 0.1) is 25.8 Å². The van der Waals surface area contributed by atoms with Gasteiger partial charge in [-0.15, -0.1) is 0 Å². The van der Waals surface area contributed by atoms with E-state index in [1.165, 1.54) is 0 Å². The van der Waals surface area contributed by atoms with Crippen molar-refractivity contribution in [3.63, 3.8) is 0 Å². The Labute approximate surface area is 199 Å². The first kappa shape index (κ1) is 25.2. The maximum absolute atomic E-state index is 12.8. The quantitative estimate of drug-likeness (QED) is 0.324. The Morgan fingerprint density at radius 1 is 1.15 bits per heavy atom. The Kier molecular flexibility index (Phi) is 9.40. The lowest BCUT2D eigenvalue weighted by molar-refractivity contribution is -0.120. The molecule has 1 aromatic carbocycles. The van der Waals surface area contributed by atoms with Gasteiger partial charge in [0.25, 0.3) is 0 Å².